The molecule has 2 fully saturated rings. The normalized spacial score (nSPS) is 38.1. The summed E-state index contributed by atoms with van der Waals surface area (Å²) in [5, 5.41) is 22.0. The van der Waals surface area contributed by atoms with Gasteiger partial charge in [0.2, 0.25) is 0 Å². The SMILES string of the molecule is C=C[C@]1(COCc2ccccc2)C2=CC[C@@H](CO)C23C[C@@H](OC(=O)[C@@H]3OCOC)[C@]1(C)O. The van der Waals surface area contributed by atoms with Gasteiger partial charge in [0, 0.05) is 25.6 Å². The lowest BCUT2D eigenvalue weighted by Gasteiger charge is -2.62. The fraction of sp³-hybridized carbons (Fsp3) is 0.560. The summed E-state index contributed by atoms with van der Waals surface area (Å²) in [7, 11) is 1.49. The average Bonchev–Trinajstić information content (AvgIpc) is 3.15. The van der Waals surface area contributed by atoms with Gasteiger partial charge in [-0.15, -0.1) is 6.58 Å². The first-order valence-corrected chi connectivity index (χ1v) is 11.0. The molecule has 4 rings (SSSR count). The smallest absolute Gasteiger partial charge is 0.336 e. The van der Waals surface area contributed by atoms with Gasteiger partial charge in [-0.3, -0.25) is 0 Å². The lowest BCUT2D eigenvalue weighted by Crippen LogP contribution is -2.71. The maximum Gasteiger partial charge on any atom is 0.336 e. The zero-order valence-electron chi connectivity index (χ0n) is 18.7. The van der Waals surface area contributed by atoms with Crippen molar-refractivity contribution in [3.63, 3.8) is 0 Å². The predicted molar refractivity (Wildman–Crippen MR) is 116 cm³/mol. The van der Waals surface area contributed by atoms with Crippen LogP contribution in [0.3, 0.4) is 0 Å². The highest BCUT2D eigenvalue weighted by Gasteiger charge is 2.72. The van der Waals surface area contributed by atoms with E-state index < -0.39 is 34.6 Å². The van der Waals surface area contributed by atoms with Crippen molar-refractivity contribution in [3.05, 3.63) is 60.2 Å². The van der Waals surface area contributed by atoms with E-state index in [1.54, 1.807) is 13.0 Å². The van der Waals surface area contributed by atoms with Crippen molar-refractivity contribution in [2.75, 3.05) is 27.1 Å². The molecule has 3 aliphatic rings. The molecule has 1 unspecified atom stereocenters. The van der Waals surface area contributed by atoms with Crippen molar-refractivity contribution in [2.45, 2.75) is 44.2 Å². The third kappa shape index (κ3) is 3.26. The van der Waals surface area contributed by atoms with Crippen molar-refractivity contribution < 1.29 is 34.0 Å². The lowest BCUT2D eigenvalue weighted by molar-refractivity contribution is -0.256. The van der Waals surface area contributed by atoms with E-state index in [9.17, 15) is 15.0 Å². The van der Waals surface area contributed by atoms with Gasteiger partial charge >= 0.3 is 5.97 Å². The van der Waals surface area contributed by atoms with Gasteiger partial charge in [-0.05, 0) is 30.4 Å². The number of aliphatic hydroxyl groups excluding tert-OH is 1. The molecule has 1 saturated heterocycles. The zero-order valence-corrected chi connectivity index (χ0v) is 18.7. The number of carbonyl (C=O) groups is 1. The van der Waals surface area contributed by atoms with Crippen molar-refractivity contribution in [2.24, 2.45) is 16.7 Å². The van der Waals surface area contributed by atoms with E-state index >= 15 is 0 Å². The molecule has 7 nitrogen and oxygen atoms in total. The third-order valence-corrected chi connectivity index (χ3v) is 7.67. The summed E-state index contributed by atoms with van der Waals surface area (Å²) >= 11 is 0. The van der Waals surface area contributed by atoms with E-state index in [0.717, 1.165) is 11.1 Å². The van der Waals surface area contributed by atoms with Gasteiger partial charge < -0.3 is 29.2 Å². The van der Waals surface area contributed by atoms with Crippen LogP contribution in [0.2, 0.25) is 0 Å². The van der Waals surface area contributed by atoms with E-state index in [2.05, 4.69) is 6.58 Å². The van der Waals surface area contributed by atoms with Crippen LogP contribution in [0.4, 0.5) is 0 Å². The molecule has 1 heterocycles. The molecule has 2 N–H and O–H groups in total. The summed E-state index contributed by atoms with van der Waals surface area (Å²) < 4.78 is 22.8. The number of hydrogen-bond acceptors (Lipinski definition) is 7. The average molecular weight is 445 g/mol. The first-order chi connectivity index (χ1) is 15.4. The molecule has 174 valence electrons. The number of hydrogen-bond donors (Lipinski definition) is 2. The Morgan fingerprint density at radius 2 is 2.06 bits per heavy atom. The van der Waals surface area contributed by atoms with Crippen LogP contribution in [0, 0.1) is 16.7 Å². The number of rotatable bonds is 9. The highest BCUT2D eigenvalue weighted by atomic mass is 16.7. The minimum absolute atomic E-state index is 0.0837. The van der Waals surface area contributed by atoms with Crippen LogP contribution in [0.5, 0.6) is 0 Å². The topological polar surface area (TPSA) is 94.5 Å². The Balaban J connectivity index is 1.74. The monoisotopic (exact) mass is 444 g/mol. The summed E-state index contributed by atoms with van der Waals surface area (Å²) in [5.74, 6) is -0.799. The molecule has 2 aliphatic carbocycles. The van der Waals surface area contributed by atoms with Gasteiger partial charge in [0.25, 0.3) is 0 Å². The Morgan fingerprint density at radius 1 is 1.31 bits per heavy atom. The van der Waals surface area contributed by atoms with Crippen LogP contribution in [-0.4, -0.2) is 61.1 Å². The van der Waals surface area contributed by atoms with Gasteiger partial charge in [-0.25, -0.2) is 4.79 Å². The molecular weight excluding hydrogens is 412 g/mol. The van der Waals surface area contributed by atoms with E-state index in [4.69, 9.17) is 18.9 Å². The summed E-state index contributed by atoms with van der Waals surface area (Å²) in [6, 6.07) is 9.78. The highest BCUT2D eigenvalue weighted by Crippen LogP contribution is 2.66. The molecular formula is C25H32O7. The molecule has 6 atom stereocenters. The summed E-state index contributed by atoms with van der Waals surface area (Å²) in [4.78, 5) is 13.0. The van der Waals surface area contributed by atoms with Gasteiger partial charge in [0.1, 0.15) is 18.5 Å². The standard InChI is InChI=1S/C25H32O7/c1-4-24(15-30-14-17-8-6-5-7-9-17)19-11-10-18(13-26)25(19)12-20(23(24,2)28)32-22(27)21(25)31-16-29-3/h4-9,11,18,20-21,26,28H,1,10,12-16H2,2-3H3/t18-,20+,21-,23-,24-,25?/m0/s1. The van der Waals surface area contributed by atoms with Crippen LogP contribution in [0.1, 0.15) is 25.3 Å². The van der Waals surface area contributed by atoms with Crippen LogP contribution < -0.4 is 0 Å². The van der Waals surface area contributed by atoms with Crippen LogP contribution in [0.15, 0.2) is 54.6 Å². The van der Waals surface area contributed by atoms with Crippen molar-refractivity contribution in [1.82, 2.24) is 0 Å². The first-order valence-electron chi connectivity index (χ1n) is 11.0. The fourth-order valence-electron chi connectivity index (χ4n) is 5.94. The molecule has 1 aromatic carbocycles. The number of aliphatic hydroxyl groups is 2. The second-order valence-electron chi connectivity index (χ2n) is 9.16. The van der Waals surface area contributed by atoms with Crippen LogP contribution >= 0.6 is 0 Å². The Labute approximate surface area is 188 Å². The minimum atomic E-state index is -1.45. The molecule has 1 aromatic rings. The molecule has 1 aliphatic heterocycles. The van der Waals surface area contributed by atoms with Crippen molar-refractivity contribution >= 4 is 5.97 Å². The Bertz CT molecular complexity index is 880. The van der Waals surface area contributed by atoms with Gasteiger partial charge in [-0.1, -0.05) is 42.5 Å². The fourth-order valence-corrected chi connectivity index (χ4v) is 5.94. The van der Waals surface area contributed by atoms with Gasteiger partial charge in [0.15, 0.2) is 6.10 Å². The molecule has 0 radical (unpaired) electrons. The molecule has 32 heavy (non-hydrogen) atoms. The zero-order chi connectivity index (χ0) is 23.0. The second kappa shape index (κ2) is 8.72. The Hall–Kier alpha value is -2.03. The molecule has 1 spiro atoms. The summed E-state index contributed by atoms with van der Waals surface area (Å²) in [6.07, 6.45) is 2.89. The number of methoxy groups -OCH3 is 1. The first kappa shape index (κ1) is 23.1. The van der Waals surface area contributed by atoms with E-state index in [1.807, 2.05) is 36.4 Å². The van der Waals surface area contributed by atoms with Crippen molar-refractivity contribution in [3.8, 4) is 0 Å². The number of benzene rings is 1. The minimum Gasteiger partial charge on any atom is -0.457 e. The molecule has 1 saturated carbocycles. The third-order valence-electron chi connectivity index (χ3n) is 7.67. The maximum absolute atomic E-state index is 13.0. The Kier molecular flexibility index (Phi) is 6.31. The predicted octanol–water partition coefficient (Wildman–Crippen LogP) is 2.37. The number of ether oxygens (including phenoxy) is 4. The molecule has 2 bridgehead atoms. The van der Waals surface area contributed by atoms with Crippen molar-refractivity contribution in [1.29, 1.82) is 0 Å². The summed E-state index contributed by atoms with van der Waals surface area (Å²) in [6.45, 7) is 6.05. The highest BCUT2D eigenvalue weighted by molar-refractivity contribution is 5.79. The Morgan fingerprint density at radius 3 is 2.72 bits per heavy atom. The number of fused-ring (bicyclic) bond motifs is 1. The van der Waals surface area contributed by atoms with Crippen LogP contribution in [0.25, 0.3) is 0 Å². The van der Waals surface area contributed by atoms with Gasteiger partial charge in [0.05, 0.1) is 18.6 Å². The second-order valence-corrected chi connectivity index (χ2v) is 9.16. The quantitative estimate of drug-likeness (QED) is 0.343. The summed E-state index contributed by atoms with van der Waals surface area (Å²) in [5.41, 5.74) is -1.47. The van der Waals surface area contributed by atoms with E-state index in [1.165, 1.54) is 7.11 Å². The number of carbonyl (C=O) groups excluding carboxylic acids is 1. The molecule has 0 amide bonds. The number of esters is 1. The molecule has 0 aromatic heterocycles. The van der Waals surface area contributed by atoms with Crippen LogP contribution in [-0.2, 0) is 30.3 Å². The molecule has 7 heteroatoms. The number of allylic oxidation sites excluding steroid dienone is 1. The maximum atomic E-state index is 13.0. The van der Waals surface area contributed by atoms with E-state index in [0.29, 0.717) is 19.4 Å². The van der Waals surface area contributed by atoms with Gasteiger partial charge in [-0.2, -0.15) is 0 Å². The van der Waals surface area contributed by atoms with E-state index in [-0.39, 0.29) is 25.9 Å². The lowest BCUT2D eigenvalue weighted by atomic mass is 9.48. The largest absolute Gasteiger partial charge is 0.457 e.